The summed E-state index contributed by atoms with van der Waals surface area (Å²) in [5, 5.41) is 14.7. The molecule has 156 valence electrons. The number of carboxylic acid groups (broad SMARTS) is 1. The lowest BCUT2D eigenvalue weighted by molar-refractivity contribution is -0.143. The Bertz CT molecular complexity index is 859. The molecule has 1 amide bonds. The molecule has 1 aromatic carbocycles. The molecule has 2 aromatic rings. The first-order valence-corrected chi connectivity index (χ1v) is 10.5. The molecule has 3 rings (SSSR count). The molecule has 7 nitrogen and oxygen atoms in total. The smallest absolute Gasteiger partial charge is 0.306 e. The highest BCUT2D eigenvalue weighted by Gasteiger charge is 2.26. The maximum absolute atomic E-state index is 12.3. The predicted molar refractivity (Wildman–Crippen MR) is 110 cm³/mol. The highest BCUT2D eigenvalue weighted by Crippen LogP contribution is 2.33. The number of amides is 1. The first-order chi connectivity index (χ1) is 14.0. The van der Waals surface area contributed by atoms with Crippen molar-refractivity contribution in [2.45, 2.75) is 32.1 Å². The molecule has 1 aliphatic rings. The molecule has 1 fully saturated rings. The van der Waals surface area contributed by atoms with Gasteiger partial charge in [-0.25, -0.2) is 4.98 Å². The van der Waals surface area contributed by atoms with Crippen molar-refractivity contribution in [3.05, 3.63) is 29.3 Å². The Morgan fingerprint density at radius 3 is 2.55 bits per heavy atom. The molecule has 0 spiro atoms. The van der Waals surface area contributed by atoms with E-state index in [-0.39, 0.29) is 18.2 Å². The van der Waals surface area contributed by atoms with E-state index in [0.717, 1.165) is 29.1 Å². The monoisotopic (exact) mass is 418 g/mol. The van der Waals surface area contributed by atoms with Crippen LogP contribution < -0.4 is 14.8 Å². The van der Waals surface area contributed by atoms with E-state index in [9.17, 15) is 9.59 Å². The molecular weight excluding hydrogens is 392 g/mol. The zero-order chi connectivity index (χ0) is 20.8. The summed E-state index contributed by atoms with van der Waals surface area (Å²) >= 11 is 1.48. The van der Waals surface area contributed by atoms with Crippen LogP contribution in [0.3, 0.4) is 0 Å². The number of carboxylic acids is 1. The number of aliphatic carboxylic acids is 1. The minimum atomic E-state index is -0.707. The summed E-state index contributed by atoms with van der Waals surface area (Å²) in [7, 11) is 3.18. The van der Waals surface area contributed by atoms with Gasteiger partial charge in [-0.2, -0.15) is 0 Å². The van der Waals surface area contributed by atoms with E-state index >= 15 is 0 Å². The number of carbonyl (C=O) groups excluding carboxylic acids is 1. The first kappa shape index (κ1) is 21.1. The van der Waals surface area contributed by atoms with Gasteiger partial charge in [-0.15, -0.1) is 11.3 Å². The van der Waals surface area contributed by atoms with Gasteiger partial charge >= 0.3 is 5.97 Å². The molecule has 1 heterocycles. The zero-order valence-corrected chi connectivity index (χ0v) is 17.5. The molecular formula is C21H26N2O5S. The van der Waals surface area contributed by atoms with E-state index in [1.165, 1.54) is 11.3 Å². The molecule has 0 bridgehead atoms. The lowest BCUT2D eigenvalue weighted by Gasteiger charge is -2.26. The maximum Gasteiger partial charge on any atom is 0.306 e. The van der Waals surface area contributed by atoms with Gasteiger partial charge in [-0.05, 0) is 49.8 Å². The molecule has 1 aromatic heterocycles. The fourth-order valence-electron chi connectivity index (χ4n) is 3.59. The van der Waals surface area contributed by atoms with Crippen LogP contribution in [0.4, 0.5) is 0 Å². The van der Waals surface area contributed by atoms with Crippen LogP contribution in [0.1, 0.15) is 31.4 Å². The highest BCUT2D eigenvalue weighted by molar-refractivity contribution is 7.13. The Hall–Kier alpha value is -2.61. The van der Waals surface area contributed by atoms with Crippen LogP contribution in [0.2, 0.25) is 0 Å². The van der Waals surface area contributed by atoms with E-state index in [1.54, 1.807) is 14.2 Å². The van der Waals surface area contributed by atoms with Gasteiger partial charge < -0.3 is 19.9 Å². The zero-order valence-electron chi connectivity index (χ0n) is 16.6. The molecule has 2 N–H and O–H groups in total. The van der Waals surface area contributed by atoms with Crippen molar-refractivity contribution < 1.29 is 24.2 Å². The summed E-state index contributed by atoms with van der Waals surface area (Å²) < 4.78 is 10.6. The second-order valence-electron chi connectivity index (χ2n) is 7.25. The van der Waals surface area contributed by atoms with Crippen molar-refractivity contribution in [1.29, 1.82) is 0 Å². The quantitative estimate of drug-likeness (QED) is 0.682. The number of nitrogens with zero attached hydrogens (tertiary/aromatic N) is 1. The average Bonchev–Trinajstić information content (AvgIpc) is 3.20. The third kappa shape index (κ3) is 5.47. The van der Waals surface area contributed by atoms with Crippen molar-refractivity contribution in [3.8, 4) is 22.1 Å². The topological polar surface area (TPSA) is 97.8 Å². The SMILES string of the molecule is COc1ccc(-c2nc(CC(=O)NCC3CCC(C(=O)O)CC3)cs2)cc1OC. The largest absolute Gasteiger partial charge is 0.493 e. The molecule has 0 unspecified atom stereocenters. The first-order valence-electron chi connectivity index (χ1n) is 9.66. The van der Waals surface area contributed by atoms with Crippen molar-refractivity contribution in [2.24, 2.45) is 11.8 Å². The van der Waals surface area contributed by atoms with Crippen LogP contribution in [-0.4, -0.2) is 42.7 Å². The van der Waals surface area contributed by atoms with Crippen LogP contribution in [0.15, 0.2) is 23.6 Å². The number of benzene rings is 1. The molecule has 8 heteroatoms. The fraction of sp³-hybridized carbons (Fsp3) is 0.476. The van der Waals surface area contributed by atoms with Crippen molar-refractivity contribution in [2.75, 3.05) is 20.8 Å². The number of hydrogen-bond donors (Lipinski definition) is 2. The number of hydrogen-bond acceptors (Lipinski definition) is 6. The molecule has 0 aliphatic heterocycles. The normalized spacial score (nSPS) is 18.8. The average molecular weight is 419 g/mol. The van der Waals surface area contributed by atoms with E-state index in [1.807, 2.05) is 23.6 Å². The molecule has 0 radical (unpaired) electrons. The van der Waals surface area contributed by atoms with Crippen molar-refractivity contribution in [1.82, 2.24) is 10.3 Å². The van der Waals surface area contributed by atoms with Gasteiger partial charge in [0.15, 0.2) is 11.5 Å². The summed E-state index contributed by atoms with van der Waals surface area (Å²) in [5.41, 5.74) is 1.64. The molecule has 0 atom stereocenters. The standard InChI is InChI=1S/C21H26N2O5S/c1-27-17-8-7-15(9-18(17)28-2)20-23-16(12-29-20)10-19(24)22-11-13-3-5-14(6-4-13)21(25)26/h7-9,12-14H,3-6,10-11H2,1-2H3,(H,22,24)(H,25,26). The van der Waals surface area contributed by atoms with Gasteiger partial charge in [0, 0.05) is 17.5 Å². The van der Waals surface area contributed by atoms with Crippen LogP contribution in [0.25, 0.3) is 10.6 Å². The summed E-state index contributed by atoms with van der Waals surface area (Å²) in [5.74, 6) is 0.650. The Labute approximate surface area is 174 Å². The van der Waals surface area contributed by atoms with Gasteiger partial charge in [-0.1, -0.05) is 0 Å². The van der Waals surface area contributed by atoms with Crippen LogP contribution in [-0.2, 0) is 16.0 Å². The number of aromatic nitrogens is 1. The maximum atomic E-state index is 12.3. The van der Waals surface area contributed by atoms with Gasteiger partial charge in [0.05, 0.1) is 32.3 Å². The van der Waals surface area contributed by atoms with Gasteiger partial charge in [-0.3, -0.25) is 9.59 Å². The summed E-state index contributed by atoms with van der Waals surface area (Å²) in [6.45, 7) is 0.595. The number of rotatable bonds is 8. The van der Waals surface area contributed by atoms with E-state index in [2.05, 4.69) is 10.3 Å². The van der Waals surface area contributed by atoms with Crippen molar-refractivity contribution >= 4 is 23.2 Å². The Morgan fingerprint density at radius 2 is 1.90 bits per heavy atom. The Kier molecular flexibility index (Phi) is 7.09. The van der Waals surface area contributed by atoms with Crippen LogP contribution in [0.5, 0.6) is 11.5 Å². The Balaban J connectivity index is 1.51. The second-order valence-corrected chi connectivity index (χ2v) is 8.11. The van der Waals surface area contributed by atoms with Crippen molar-refractivity contribution in [3.63, 3.8) is 0 Å². The molecule has 0 saturated heterocycles. The number of nitrogens with one attached hydrogen (secondary N) is 1. The number of methoxy groups -OCH3 is 2. The van der Waals surface area contributed by atoms with E-state index in [0.29, 0.717) is 36.8 Å². The highest BCUT2D eigenvalue weighted by atomic mass is 32.1. The Morgan fingerprint density at radius 1 is 1.17 bits per heavy atom. The third-order valence-corrected chi connectivity index (χ3v) is 6.25. The van der Waals surface area contributed by atoms with Gasteiger partial charge in [0.25, 0.3) is 0 Å². The van der Waals surface area contributed by atoms with E-state index < -0.39 is 5.97 Å². The summed E-state index contributed by atoms with van der Waals surface area (Å²) in [6, 6.07) is 5.62. The minimum Gasteiger partial charge on any atom is -0.493 e. The third-order valence-electron chi connectivity index (χ3n) is 5.31. The fourth-order valence-corrected chi connectivity index (χ4v) is 4.41. The summed E-state index contributed by atoms with van der Waals surface area (Å²) in [6.07, 6.45) is 3.30. The second kappa shape index (κ2) is 9.73. The van der Waals surface area contributed by atoms with Gasteiger partial charge in [0.2, 0.25) is 5.91 Å². The summed E-state index contributed by atoms with van der Waals surface area (Å²) in [4.78, 5) is 27.9. The lowest BCUT2D eigenvalue weighted by atomic mass is 9.82. The molecule has 29 heavy (non-hydrogen) atoms. The van der Waals surface area contributed by atoms with Crippen LogP contribution >= 0.6 is 11.3 Å². The van der Waals surface area contributed by atoms with E-state index in [4.69, 9.17) is 14.6 Å². The number of ether oxygens (including phenoxy) is 2. The minimum absolute atomic E-state index is 0.0606. The molecule has 1 aliphatic carbocycles. The number of thiazole rings is 1. The van der Waals surface area contributed by atoms with Gasteiger partial charge in [0.1, 0.15) is 5.01 Å². The predicted octanol–water partition coefficient (Wildman–Crippen LogP) is 3.38. The number of carbonyl (C=O) groups is 2. The lowest BCUT2D eigenvalue weighted by Crippen LogP contribution is -2.33. The molecule has 1 saturated carbocycles. The van der Waals surface area contributed by atoms with Crippen LogP contribution in [0, 0.1) is 11.8 Å².